The first-order valence-electron chi connectivity index (χ1n) is 33.8. The number of hydrogen-bond donors (Lipinski definition) is 0. The summed E-state index contributed by atoms with van der Waals surface area (Å²) < 4.78 is 22.3. The lowest BCUT2D eigenvalue weighted by Gasteiger charge is -2.24. The topological polar surface area (TPSA) is 27.7 Å². The van der Waals surface area contributed by atoms with Crippen molar-refractivity contribution in [3.05, 3.63) is 88.0 Å². The molecule has 0 aliphatic heterocycles. The standard InChI is InChI=1S/C72H123O3P/c1-7-13-19-25-31-37-43-52-64-55-49-61-70(67(64)58-46-40-34-28-22-16-10-4)73-76(74-71-62-50-56-65(53-44-38-32-26-20-14-8-2)68(71)59-47-41-35-29-23-17-11-5)75-72-63-51-57-66(54-45-39-33-27-21-15-9-3)69(72)60-48-42-36-30-24-18-12-6/h49-51,55-57,61-63H,7-48,52-54,58-60H2,1-6H3. The van der Waals surface area contributed by atoms with E-state index in [0.29, 0.717) is 0 Å². The Morgan fingerprint density at radius 2 is 0.408 bits per heavy atom. The Bertz CT molecular complexity index is 1570. The van der Waals surface area contributed by atoms with Crippen molar-refractivity contribution in [3.8, 4) is 17.2 Å². The van der Waals surface area contributed by atoms with E-state index in [9.17, 15) is 0 Å². The summed E-state index contributed by atoms with van der Waals surface area (Å²) in [6, 6.07) is 20.8. The zero-order valence-electron chi connectivity index (χ0n) is 51.3. The molecule has 0 fully saturated rings. The summed E-state index contributed by atoms with van der Waals surface area (Å²) >= 11 is 0. The fourth-order valence-electron chi connectivity index (χ4n) is 11.5. The van der Waals surface area contributed by atoms with Crippen molar-refractivity contribution in [1.29, 1.82) is 0 Å². The molecule has 3 rings (SSSR count). The van der Waals surface area contributed by atoms with Gasteiger partial charge in [-0.25, -0.2) is 0 Å². The van der Waals surface area contributed by atoms with Gasteiger partial charge in [-0.05, 0) is 129 Å². The van der Waals surface area contributed by atoms with E-state index in [4.69, 9.17) is 13.6 Å². The van der Waals surface area contributed by atoms with Gasteiger partial charge in [0.25, 0.3) is 0 Å². The number of benzene rings is 3. The Hall–Kier alpha value is -2.51. The second-order valence-corrected chi connectivity index (χ2v) is 24.4. The second kappa shape index (κ2) is 48.4. The number of rotatable bonds is 54. The van der Waals surface area contributed by atoms with Crippen molar-refractivity contribution in [2.45, 2.75) is 350 Å². The van der Waals surface area contributed by atoms with Gasteiger partial charge in [-0.15, -0.1) is 0 Å². The summed E-state index contributed by atoms with van der Waals surface area (Å²) in [6.07, 6.45) is 61.9. The summed E-state index contributed by atoms with van der Waals surface area (Å²) in [5, 5.41) is 0. The van der Waals surface area contributed by atoms with Gasteiger partial charge in [-0.1, -0.05) is 309 Å². The van der Waals surface area contributed by atoms with E-state index in [0.717, 1.165) is 55.8 Å². The molecule has 3 nitrogen and oxygen atoms in total. The molecule has 3 aromatic rings. The molecule has 76 heavy (non-hydrogen) atoms. The monoisotopic (exact) mass is 1070 g/mol. The van der Waals surface area contributed by atoms with Crippen molar-refractivity contribution < 1.29 is 13.6 Å². The minimum atomic E-state index is -1.84. The Kier molecular flexibility index (Phi) is 43.2. The van der Waals surface area contributed by atoms with Crippen LogP contribution in [0, 0.1) is 0 Å². The Morgan fingerprint density at radius 3 is 0.618 bits per heavy atom. The fraction of sp³-hybridized carbons (Fsp3) is 0.750. The normalized spacial score (nSPS) is 11.6. The smallest absolute Gasteiger partial charge is 0.408 e. The minimum absolute atomic E-state index is 0.984. The van der Waals surface area contributed by atoms with Crippen LogP contribution in [0.15, 0.2) is 54.6 Å². The minimum Gasteiger partial charge on any atom is -0.408 e. The highest BCUT2D eigenvalue weighted by atomic mass is 31.2. The van der Waals surface area contributed by atoms with E-state index in [2.05, 4.69) is 96.1 Å². The molecule has 434 valence electrons. The highest BCUT2D eigenvalue weighted by Crippen LogP contribution is 2.47. The molecule has 0 spiro atoms. The van der Waals surface area contributed by atoms with Crippen LogP contribution in [0.2, 0.25) is 0 Å². The van der Waals surface area contributed by atoms with Gasteiger partial charge in [0.05, 0.1) is 0 Å². The predicted octanol–water partition coefficient (Wildman–Crippen LogP) is 25.2. The van der Waals surface area contributed by atoms with Gasteiger partial charge in [0.2, 0.25) is 0 Å². The number of hydrogen-bond acceptors (Lipinski definition) is 3. The average Bonchev–Trinajstić information content (AvgIpc) is 3.43. The Balaban J connectivity index is 2.09. The first-order valence-corrected chi connectivity index (χ1v) is 34.9. The van der Waals surface area contributed by atoms with E-state index in [1.54, 1.807) is 0 Å². The van der Waals surface area contributed by atoms with Crippen LogP contribution >= 0.6 is 8.60 Å². The molecule has 0 saturated heterocycles. The molecule has 0 aliphatic carbocycles. The molecule has 0 heterocycles. The van der Waals surface area contributed by atoms with Crippen LogP contribution in [0.25, 0.3) is 0 Å². The summed E-state index contributed by atoms with van der Waals surface area (Å²) in [5.74, 6) is 2.95. The van der Waals surface area contributed by atoms with Crippen LogP contribution in [0.3, 0.4) is 0 Å². The Morgan fingerprint density at radius 1 is 0.224 bits per heavy atom. The SMILES string of the molecule is CCCCCCCCCc1cccc(OP(Oc2cccc(CCCCCCCCC)c2CCCCCCCCC)Oc2cccc(CCCCCCCCC)c2CCCCCCCCC)c1CCCCCCCCC. The van der Waals surface area contributed by atoms with E-state index in [1.807, 2.05) is 0 Å². The van der Waals surface area contributed by atoms with Crippen molar-refractivity contribution in [1.82, 2.24) is 0 Å². The zero-order chi connectivity index (χ0) is 54.2. The van der Waals surface area contributed by atoms with Crippen LogP contribution in [-0.4, -0.2) is 0 Å². The molecule has 0 aromatic heterocycles. The third-order valence-corrected chi connectivity index (χ3v) is 17.5. The van der Waals surface area contributed by atoms with Gasteiger partial charge >= 0.3 is 8.60 Å². The zero-order valence-corrected chi connectivity index (χ0v) is 52.2. The van der Waals surface area contributed by atoms with Crippen LogP contribution in [-0.2, 0) is 38.5 Å². The van der Waals surface area contributed by atoms with Crippen molar-refractivity contribution >= 4 is 8.60 Å². The number of unbranched alkanes of at least 4 members (excludes halogenated alkanes) is 36. The molecule has 0 N–H and O–H groups in total. The van der Waals surface area contributed by atoms with E-state index >= 15 is 0 Å². The maximum absolute atomic E-state index is 7.44. The lowest BCUT2D eigenvalue weighted by atomic mass is 9.95. The molecule has 4 heteroatoms. The van der Waals surface area contributed by atoms with E-state index < -0.39 is 8.60 Å². The third-order valence-electron chi connectivity index (χ3n) is 16.4. The highest BCUT2D eigenvalue weighted by Gasteiger charge is 2.26. The maximum Gasteiger partial charge on any atom is 0.530 e. The molecule has 0 atom stereocenters. The van der Waals surface area contributed by atoms with Gasteiger partial charge in [0, 0.05) is 0 Å². The summed E-state index contributed by atoms with van der Waals surface area (Å²) in [4.78, 5) is 0. The van der Waals surface area contributed by atoms with Gasteiger partial charge in [0.15, 0.2) is 0 Å². The molecule has 0 amide bonds. The first-order chi connectivity index (χ1) is 37.6. The number of aryl methyl sites for hydroxylation is 3. The fourth-order valence-corrected chi connectivity index (χ4v) is 12.6. The Labute approximate surface area is 474 Å². The molecular weight excluding hydrogens is 944 g/mol. The van der Waals surface area contributed by atoms with Crippen molar-refractivity contribution in [3.63, 3.8) is 0 Å². The van der Waals surface area contributed by atoms with Gasteiger partial charge in [-0.2, -0.15) is 0 Å². The summed E-state index contributed by atoms with van der Waals surface area (Å²) in [7, 11) is -1.84. The molecule has 0 unspecified atom stereocenters. The molecular formula is C72H123O3P. The third kappa shape index (κ3) is 31.9. The van der Waals surface area contributed by atoms with Crippen LogP contribution in [0.1, 0.15) is 345 Å². The molecule has 0 bridgehead atoms. The summed E-state index contributed by atoms with van der Waals surface area (Å²) in [6.45, 7) is 13.9. The van der Waals surface area contributed by atoms with E-state index in [-0.39, 0.29) is 0 Å². The largest absolute Gasteiger partial charge is 0.530 e. The lowest BCUT2D eigenvalue weighted by Crippen LogP contribution is -2.09. The van der Waals surface area contributed by atoms with Gasteiger partial charge in [-0.3, -0.25) is 0 Å². The van der Waals surface area contributed by atoms with Crippen LogP contribution < -0.4 is 13.6 Å². The molecule has 3 aromatic carbocycles. The van der Waals surface area contributed by atoms with Crippen molar-refractivity contribution in [2.24, 2.45) is 0 Å². The quantitative estimate of drug-likeness (QED) is 0.0416. The molecule has 0 aliphatic rings. The molecule has 0 radical (unpaired) electrons. The average molecular weight is 1070 g/mol. The van der Waals surface area contributed by atoms with Gasteiger partial charge < -0.3 is 13.6 Å². The second-order valence-electron chi connectivity index (χ2n) is 23.4. The van der Waals surface area contributed by atoms with Crippen LogP contribution in [0.5, 0.6) is 17.2 Å². The lowest BCUT2D eigenvalue weighted by molar-refractivity contribution is 0.381. The summed E-state index contributed by atoms with van der Waals surface area (Å²) in [5.41, 5.74) is 8.61. The highest BCUT2D eigenvalue weighted by molar-refractivity contribution is 7.43. The van der Waals surface area contributed by atoms with E-state index in [1.165, 1.54) is 303 Å². The predicted molar refractivity (Wildman–Crippen MR) is 338 cm³/mol. The molecule has 0 saturated carbocycles. The van der Waals surface area contributed by atoms with Crippen LogP contribution in [0.4, 0.5) is 0 Å². The van der Waals surface area contributed by atoms with Crippen molar-refractivity contribution in [2.75, 3.05) is 0 Å². The maximum atomic E-state index is 7.44. The van der Waals surface area contributed by atoms with Gasteiger partial charge in [0.1, 0.15) is 17.2 Å². The first kappa shape index (κ1) is 67.8.